The van der Waals surface area contributed by atoms with E-state index in [0.717, 1.165) is 17.1 Å². The summed E-state index contributed by atoms with van der Waals surface area (Å²) >= 11 is 0. The summed E-state index contributed by atoms with van der Waals surface area (Å²) in [6.45, 7) is 5.97. The Hall–Kier alpha value is -2.69. The summed E-state index contributed by atoms with van der Waals surface area (Å²) in [6, 6.07) is 14.8. The average molecular weight is 343 g/mol. The third kappa shape index (κ3) is 6.03. The number of carbonyl (C=O) groups is 1. The monoisotopic (exact) mass is 343 g/mol. The van der Waals surface area contributed by atoms with Gasteiger partial charge in [0.15, 0.2) is 6.10 Å². The maximum absolute atomic E-state index is 12.2. The van der Waals surface area contributed by atoms with E-state index in [0.29, 0.717) is 12.4 Å². The van der Waals surface area contributed by atoms with Crippen LogP contribution in [0.5, 0.6) is 17.2 Å². The maximum atomic E-state index is 12.2. The van der Waals surface area contributed by atoms with E-state index in [9.17, 15) is 4.79 Å². The van der Waals surface area contributed by atoms with Gasteiger partial charge in [-0.1, -0.05) is 12.1 Å². The van der Waals surface area contributed by atoms with Crippen LogP contribution in [-0.4, -0.2) is 31.8 Å². The Morgan fingerprint density at radius 3 is 2.36 bits per heavy atom. The third-order valence-electron chi connectivity index (χ3n) is 3.62. The molecule has 0 aliphatic rings. The molecular weight excluding hydrogens is 318 g/mol. The molecule has 0 aliphatic carbocycles. The molecule has 0 radical (unpaired) electrons. The smallest absolute Gasteiger partial charge is 0.261 e. The van der Waals surface area contributed by atoms with Gasteiger partial charge in [0.25, 0.3) is 5.91 Å². The van der Waals surface area contributed by atoms with E-state index >= 15 is 0 Å². The largest absolute Gasteiger partial charge is 0.497 e. The number of amides is 1. The highest BCUT2D eigenvalue weighted by molar-refractivity contribution is 5.81. The molecular formula is C20H25NO4. The minimum atomic E-state index is -0.578. The van der Waals surface area contributed by atoms with Crippen LogP contribution >= 0.6 is 0 Å². The van der Waals surface area contributed by atoms with Crippen molar-refractivity contribution < 1.29 is 19.0 Å². The number of carbonyl (C=O) groups excluding carboxylic acids is 1. The Balaban J connectivity index is 1.78. The molecule has 0 saturated carbocycles. The molecule has 2 aromatic carbocycles. The van der Waals surface area contributed by atoms with Gasteiger partial charge < -0.3 is 19.5 Å². The second kappa shape index (κ2) is 8.97. The Kier molecular flexibility index (Phi) is 6.69. The number of hydrogen-bond donors (Lipinski definition) is 1. The second-order valence-corrected chi connectivity index (χ2v) is 5.97. The lowest BCUT2D eigenvalue weighted by molar-refractivity contribution is -0.128. The van der Waals surface area contributed by atoms with E-state index in [1.807, 2.05) is 62.4 Å². The first-order valence-corrected chi connectivity index (χ1v) is 8.28. The van der Waals surface area contributed by atoms with Crippen molar-refractivity contribution in [2.24, 2.45) is 0 Å². The summed E-state index contributed by atoms with van der Waals surface area (Å²) in [4.78, 5) is 12.2. The zero-order valence-corrected chi connectivity index (χ0v) is 15.1. The highest BCUT2D eigenvalue weighted by atomic mass is 16.5. The van der Waals surface area contributed by atoms with Gasteiger partial charge in [-0.3, -0.25) is 4.79 Å². The topological polar surface area (TPSA) is 56.8 Å². The predicted molar refractivity (Wildman–Crippen MR) is 97.4 cm³/mol. The molecule has 134 valence electrons. The molecule has 2 aromatic rings. The van der Waals surface area contributed by atoms with Gasteiger partial charge in [0.2, 0.25) is 0 Å². The standard InChI is InChI=1S/C20H25NO4/c1-14-6-5-7-19(12-14)25-16(3)20(22)21-15(2)13-24-18-10-8-17(23-4)9-11-18/h5-12,15-16H,13H2,1-4H3,(H,21,22)/t15-,16-/m1/s1. The number of nitrogens with one attached hydrogen (secondary N) is 1. The van der Waals surface area contributed by atoms with Crippen LogP contribution in [0.3, 0.4) is 0 Å². The van der Waals surface area contributed by atoms with Crippen LogP contribution in [0.1, 0.15) is 19.4 Å². The summed E-state index contributed by atoms with van der Waals surface area (Å²) in [6.07, 6.45) is -0.578. The Labute approximate surface area is 148 Å². The van der Waals surface area contributed by atoms with Crippen molar-refractivity contribution in [1.29, 1.82) is 0 Å². The van der Waals surface area contributed by atoms with Crippen LogP contribution in [0.15, 0.2) is 48.5 Å². The fraction of sp³-hybridized carbons (Fsp3) is 0.350. The second-order valence-electron chi connectivity index (χ2n) is 5.97. The van der Waals surface area contributed by atoms with Gasteiger partial charge in [-0.15, -0.1) is 0 Å². The van der Waals surface area contributed by atoms with Crippen LogP contribution in [0.25, 0.3) is 0 Å². The van der Waals surface area contributed by atoms with Gasteiger partial charge in [-0.25, -0.2) is 0 Å². The number of hydrogen-bond acceptors (Lipinski definition) is 4. The molecule has 1 amide bonds. The third-order valence-corrected chi connectivity index (χ3v) is 3.62. The predicted octanol–water partition coefficient (Wildman–Crippen LogP) is 3.35. The fourth-order valence-corrected chi connectivity index (χ4v) is 2.24. The van der Waals surface area contributed by atoms with Gasteiger partial charge in [0, 0.05) is 0 Å². The first-order chi connectivity index (χ1) is 12.0. The van der Waals surface area contributed by atoms with Gasteiger partial charge in [0.1, 0.15) is 23.9 Å². The minimum absolute atomic E-state index is 0.141. The van der Waals surface area contributed by atoms with E-state index in [4.69, 9.17) is 14.2 Å². The lowest BCUT2D eigenvalue weighted by Gasteiger charge is -2.19. The molecule has 5 heteroatoms. The molecule has 0 aliphatic heterocycles. The van der Waals surface area contributed by atoms with Gasteiger partial charge >= 0.3 is 0 Å². The van der Waals surface area contributed by atoms with Crippen molar-refractivity contribution in [2.45, 2.75) is 32.9 Å². The van der Waals surface area contributed by atoms with Crippen LogP contribution < -0.4 is 19.5 Å². The van der Waals surface area contributed by atoms with Crippen LogP contribution in [-0.2, 0) is 4.79 Å². The molecule has 1 N–H and O–H groups in total. The quantitative estimate of drug-likeness (QED) is 0.798. The molecule has 0 unspecified atom stereocenters. The molecule has 0 saturated heterocycles. The first kappa shape index (κ1) is 18.6. The van der Waals surface area contributed by atoms with Crippen LogP contribution in [0, 0.1) is 6.92 Å². The Bertz CT molecular complexity index is 684. The van der Waals surface area contributed by atoms with E-state index < -0.39 is 6.10 Å². The molecule has 5 nitrogen and oxygen atoms in total. The number of ether oxygens (including phenoxy) is 3. The molecule has 25 heavy (non-hydrogen) atoms. The van der Waals surface area contributed by atoms with Gasteiger partial charge in [-0.2, -0.15) is 0 Å². The van der Waals surface area contributed by atoms with E-state index in [-0.39, 0.29) is 11.9 Å². The van der Waals surface area contributed by atoms with Crippen LogP contribution in [0.2, 0.25) is 0 Å². The first-order valence-electron chi connectivity index (χ1n) is 8.28. The van der Waals surface area contributed by atoms with Crippen molar-refractivity contribution in [3.63, 3.8) is 0 Å². The maximum Gasteiger partial charge on any atom is 0.261 e. The number of benzene rings is 2. The molecule has 0 heterocycles. The van der Waals surface area contributed by atoms with Crippen molar-refractivity contribution in [3.8, 4) is 17.2 Å². The molecule has 0 bridgehead atoms. The zero-order chi connectivity index (χ0) is 18.2. The Morgan fingerprint density at radius 1 is 1.04 bits per heavy atom. The summed E-state index contributed by atoms with van der Waals surface area (Å²) in [5.41, 5.74) is 1.09. The summed E-state index contributed by atoms with van der Waals surface area (Å²) in [5, 5.41) is 2.89. The SMILES string of the molecule is COc1ccc(OC[C@@H](C)NC(=O)[C@@H](C)Oc2cccc(C)c2)cc1. The van der Waals surface area contributed by atoms with Crippen LogP contribution in [0.4, 0.5) is 0 Å². The van der Waals surface area contributed by atoms with E-state index in [2.05, 4.69) is 5.32 Å². The van der Waals surface area contributed by atoms with Gasteiger partial charge in [-0.05, 0) is 62.7 Å². The lowest BCUT2D eigenvalue weighted by Crippen LogP contribution is -2.43. The highest BCUT2D eigenvalue weighted by Crippen LogP contribution is 2.17. The van der Waals surface area contributed by atoms with E-state index in [1.165, 1.54) is 0 Å². The van der Waals surface area contributed by atoms with Crippen molar-refractivity contribution >= 4 is 5.91 Å². The number of aryl methyl sites for hydroxylation is 1. The fourth-order valence-electron chi connectivity index (χ4n) is 2.24. The summed E-state index contributed by atoms with van der Waals surface area (Å²) < 4.78 is 16.5. The molecule has 0 aromatic heterocycles. The summed E-state index contributed by atoms with van der Waals surface area (Å²) in [5.74, 6) is 2.01. The minimum Gasteiger partial charge on any atom is -0.497 e. The molecule has 2 atom stereocenters. The van der Waals surface area contributed by atoms with Crippen molar-refractivity contribution in [2.75, 3.05) is 13.7 Å². The van der Waals surface area contributed by atoms with E-state index in [1.54, 1.807) is 14.0 Å². The Morgan fingerprint density at radius 2 is 1.72 bits per heavy atom. The number of methoxy groups -OCH3 is 1. The van der Waals surface area contributed by atoms with Crippen molar-refractivity contribution in [1.82, 2.24) is 5.32 Å². The normalized spacial score (nSPS) is 12.8. The zero-order valence-electron chi connectivity index (χ0n) is 15.1. The summed E-state index contributed by atoms with van der Waals surface area (Å²) in [7, 11) is 1.62. The number of rotatable bonds is 8. The highest BCUT2D eigenvalue weighted by Gasteiger charge is 2.17. The molecule has 0 fully saturated rings. The average Bonchev–Trinajstić information content (AvgIpc) is 2.60. The van der Waals surface area contributed by atoms with Gasteiger partial charge in [0.05, 0.1) is 13.2 Å². The molecule has 2 rings (SSSR count). The van der Waals surface area contributed by atoms with Crippen molar-refractivity contribution in [3.05, 3.63) is 54.1 Å². The molecule has 0 spiro atoms. The lowest BCUT2D eigenvalue weighted by atomic mass is 10.2.